The Labute approximate surface area is 122 Å². The van der Waals surface area contributed by atoms with E-state index in [0.717, 1.165) is 25.8 Å². The number of nitrogens with two attached hydrogens (primary N) is 1. The zero-order chi connectivity index (χ0) is 13.6. The summed E-state index contributed by atoms with van der Waals surface area (Å²) in [4.78, 5) is 5.71. The number of hydrogen-bond donors (Lipinski definition) is 2. The lowest BCUT2D eigenvalue weighted by Gasteiger charge is -2.35. The molecule has 3 nitrogen and oxygen atoms in total. The third-order valence-electron chi connectivity index (χ3n) is 4.39. The van der Waals surface area contributed by atoms with E-state index >= 15 is 0 Å². The first-order valence-corrected chi connectivity index (χ1v) is 7.87. The molecule has 3 N–H and O–H groups in total. The van der Waals surface area contributed by atoms with Crippen LogP contribution in [0.3, 0.4) is 0 Å². The van der Waals surface area contributed by atoms with E-state index in [-0.39, 0.29) is 5.54 Å². The average Bonchev–Trinajstić information content (AvgIpc) is 3.09. The molecule has 0 fully saturated rings. The van der Waals surface area contributed by atoms with Crippen LogP contribution in [0.5, 0.6) is 0 Å². The molecular formula is C16H17N3S. The number of benzene rings is 1. The molecular weight excluding hydrogens is 266 g/mol. The summed E-state index contributed by atoms with van der Waals surface area (Å²) in [5.41, 5.74) is 10.2. The Morgan fingerprint density at radius 1 is 1.25 bits per heavy atom. The van der Waals surface area contributed by atoms with E-state index in [9.17, 15) is 0 Å². The van der Waals surface area contributed by atoms with Gasteiger partial charge in [0.05, 0.1) is 12.1 Å². The van der Waals surface area contributed by atoms with Gasteiger partial charge in [0.25, 0.3) is 0 Å². The summed E-state index contributed by atoms with van der Waals surface area (Å²) in [7, 11) is 0. The van der Waals surface area contributed by atoms with Crippen molar-refractivity contribution in [3.63, 3.8) is 0 Å². The highest BCUT2D eigenvalue weighted by atomic mass is 32.1. The van der Waals surface area contributed by atoms with Crippen LogP contribution in [0.15, 0.2) is 40.7 Å². The largest absolute Gasteiger partial charge is 0.370 e. The third kappa shape index (κ3) is 1.83. The van der Waals surface area contributed by atoms with Crippen LogP contribution in [-0.2, 0) is 12.8 Å². The zero-order valence-electron chi connectivity index (χ0n) is 11.2. The first kappa shape index (κ1) is 12.0. The van der Waals surface area contributed by atoms with Crippen LogP contribution >= 0.6 is 11.3 Å². The molecule has 0 bridgehead atoms. The molecule has 2 heterocycles. The maximum Gasteiger partial charge on any atom is 0.189 e. The molecule has 0 saturated carbocycles. The molecule has 102 valence electrons. The summed E-state index contributed by atoms with van der Waals surface area (Å²) >= 11 is 1.81. The predicted molar refractivity (Wildman–Crippen MR) is 84.1 cm³/mol. The normalized spacial score (nSPS) is 24.3. The van der Waals surface area contributed by atoms with Crippen LogP contribution in [0.2, 0.25) is 0 Å². The van der Waals surface area contributed by atoms with Crippen LogP contribution < -0.4 is 11.1 Å². The molecule has 1 unspecified atom stereocenters. The van der Waals surface area contributed by atoms with Crippen molar-refractivity contribution in [3.05, 3.63) is 46.8 Å². The summed E-state index contributed by atoms with van der Waals surface area (Å²) in [6.07, 6.45) is 3.22. The lowest BCUT2D eigenvalue weighted by molar-refractivity contribution is 0.362. The van der Waals surface area contributed by atoms with Crippen molar-refractivity contribution < 1.29 is 0 Å². The van der Waals surface area contributed by atoms with Gasteiger partial charge in [-0.3, -0.25) is 4.99 Å². The molecule has 1 aromatic heterocycles. The fourth-order valence-corrected chi connectivity index (χ4v) is 4.18. The molecule has 0 saturated heterocycles. The molecule has 2 aliphatic rings. The van der Waals surface area contributed by atoms with Gasteiger partial charge in [-0.15, -0.1) is 11.3 Å². The summed E-state index contributed by atoms with van der Waals surface area (Å²) in [6, 6.07) is 11.0. The fraction of sp³-hybridized carbons (Fsp3) is 0.312. The first-order valence-electron chi connectivity index (χ1n) is 6.99. The van der Waals surface area contributed by atoms with E-state index in [2.05, 4.69) is 46.0 Å². The molecule has 1 atom stereocenters. The molecule has 1 aliphatic carbocycles. The first-order chi connectivity index (χ1) is 9.76. The summed E-state index contributed by atoms with van der Waals surface area (Å²) in [5, 5.41) is 5.54. The van der Waals surface area contributed by atoms with E-state index in [0.29, 0.717) is 5.96 Å². The van der Waals surface area contributed by atoms with Crippen LogP contribution in [0.25, 0.3) is 10.4 Å². The molecule has 20 heavy (non-hydrogen) atoms. The lowest BCUT2D eigenvalue weighted by atomic mass is 9.77. The van der Waals surface area contributed by atoms with Crippen LogP contribution in [0.1, 0.15) is 17.5 Å². The number of rotatable bonds is 1. The van der Waals surface area contributed by atoms with Gasteiger partial charge in [0.1, 0.15) is 0 Å². The summed E-state index contributed by atoms with van der Waals surface area (Å²) in [6.45, 7) is 0.807. The molecule has 0 radical (unpaired) electrons. The highest BCUT2D eigenvalue weighted by Gasteiger charge is 2.38. The van der Waals surface area contributed by atoms with E-state index in [1.165, 1.54) is 21.6 Å². The predicted octanol–water partition coefficient (Wildman–Crippen LogP) is 2.56. The second-order valence-electron chi connectivity index (χ2n) is 5.70. The number of nitrogens with one attached hydrogen (secondary N) is 1. The monoisotopic (exact) mass is 283 g/mol. The maximum atomic E-state index is 5.81. The smallest absolute Gasteiger partial charge is 0.189 e. The van der Waals surface area contributed by atoms with Crippen LogP contribution in [0, 0.1) is 0 Å². The van der Waals surface area contributed by atoms with E-state index < -0.39 is 0 Å². The topological polar surface area (TPSA) is 50.4 Å². The van der Waals surface area contributed by atoms with Gasteiger partial charge in [0.2, 0.25) is 0 Å². The van der Waals surface area contributed by atoms with Crippen molar-refractivity contribution in [2.75, 3.05) is 6.54 Å². The number of guanidine groups is 1. The maximum absolute atomic E-state index is 5.81. The van der Waals surface area contributed by atoms with Crippen molar-refractivity contribution in [1.82, 2.24) is 5.32 Å². The van der Waals surface area contributed by atoms with Gasteiger partial charge in [-0.05, 0) is 47.4 Å². The molecule has 0 amide bonds. The van der Waals surface area contributed by atoms with Gasteiger partial charge in [-0.1, -0.05) is 24.3 Å². The minimum absolute atomic E-state index is 0.0607. The molecule has 4 heteroatoms. The number of aliphatic imine (C=N–C) groups is 1. The standard InChI is InChI=1S/C16H17N3S/c17-15-18-10-16(19-15)7-6-12-11(9-16)3-1-4-13(12)14-5-2-8-20-14/h1-5,8H,6-7,9-10H2,(H3,17,18,19). The number of nitrogens with zero attached hydrogens (tertiary/aromatic N) is 1. The van der Waals surface area contributed by atoms with Gasteiger partial charge < -0.3 is 11.1 Å². The summed E-state index contributed by atoms with van der Waals surface area (Å²) in [5.74, 6) is 0.600. The second kappa shape index (κ2) is 4.35. The highest BCUT2D eigenvalue weighted by Crippen LogP contribution is 2.37. The van der Waals surface area contributed by atoms with Crippen molar-refractivity contribution in [1.29, 1.82) is 0 Å². The molecule has 1 aromatic carbocycles. The number of hydrogen-bond acceptors (Lipinski definition) is 4. The van der Waals surface area contributed by atoms with Crippen LogP contribution in [-0.4, -0.2) is 18.0 Å². The van der Waals surface area contributed by atoms with Crippen LogP contribution in [0.4, 0.5) is 0 Å². The second-order valence-corrected chi connectivity index (χ2v) is 6.65. The molecule has 2 aromatic rings. The average molecular weight is 283 g/mol. The fourth-order valence-electron chi connectivity index (χ4n) is 3.40. The highest BCUT2D eigenvalue weighted by molar-refractivity contribution is 7.13. The number of thiophene rings is 1. The minimum atomic E-state index is 0.0607. The van der Waals surface area contributed by atoms with E-state index in [4.69, 9.17) is 5.73 Å². The Hall–Kier alpha value is -1.81. The quantitative estimate of drug-likeness (QED) is 0.845. The van der Waals surface area contributed by atoms with Gasteiger partial charge >= 0.3 is 0 Å². The van der Waals surface area contributed by atoms with Gasteiger partial charge in [-0.25, -0.2) is 0 Å². The van der Waals surface area contributed by atoms with Crippen molar-refractivity contribution >= 4 is 17.3 Å². The lowest BCUT2D eigenvalue weighted by Crippen LogP contribution is -2.51. The van der Waals surface area contributed by atoms with Gasteiger partial charge in [0, 0.05) is 4.88 Å². The Morgan fingerprint density at radius 3 is 2.95 bits per heavy atom. The third-order valence-corrected chi connectivity index (χ3v) is 5.29. The molecule has 4 rings (SSSR count). The summed E-state index contributed by atoms with van der Waals surface area (Å²) < 4.78 is 0. The van der Waals surface area contributed by atoms with E-state index in [1.807, 2.05) is 11.3 Å². The van der Waals surface area contributed by atoms with Gasteiger partial charge in [0.15, 0.2) is 5.96 Å². The minimum Gasteiger partial charge on any atom is -0.370 e. The molecule has 1 aliphatic heterocycles. The van der Waals surface area contributed by atoms with E-state index in [1.54, 1.807) is 0 Å². The Kier molecular flexibility index (Phi) is 2.60. The van der Waals surface area contributed by atoms with Gasteiger partial charge in [-0.2, -0.15) is 0 Å². The van der Waals surface area contributed by atoms with Crippen molar-refractivity contribution in [3.8, 4) is 10.4 Å². The zero-order valence-corrected chi connectivity index (χ0v) is 12.0. The SMILES string of the molecule is NC1=NCC2(CCc3c(cccc3-c3cccs3)C2)N1. The number of fused-ring (bicyclic) bond motifs is 1. The molecule has 1 spiro atoms. The Morgan fingerprint density at radius 2 is 2.20 bits per heavy atom. The Balaban J connectivity index is 1.72. The van der Waals surface area contributed by atoms with Crippen molar-refractivity contribution in [2.24, 2.45) is 10.7 Å². The van der Waals surface area contributed by atoms with Crippen molar-refractivity contribution in [2.45, 2.75) is 24.8 Å². The Bertz CT molecular complexity index is 675.